The van der Waals surface area contributed by atoms with Crippen molar-refractivity contribution in [1.29, 1.82) is 5.26 Å². The molecule has 300 valence electrons. The van der Waals surface area contributed by atoms with E-state index in [4.69, 9.17) is 19.4 Å². The predicted octanol–water partition coefficient (Wildman–Crippen LogP) is 14.1. The van der Waals surface area contributed by atoms with Crippen LogP contribution < -0.4 is 0 Å². The van der Waals surface area contributed by atoms with Gasteiger partial charge < -0.3 is 8.98 Å². The standard InChI is InChI=1S/C59H33N5O/c60-34-37-31-51(54-42-25-11-16-30-52(42)65-55(54)53(37)58-62-56(35-17-3-1-4-18-35)61-57(63-58)36-19-5-2-6-20-36)64-49-29-15-10-24-41(49)44-32-48-43(33-50(44)64)40-23-9-14-28-47(40)59(48)45-26-12-7-21-38(45)39-22-8-13-27-46(39)59/h1-33H. The van der Waals surface area contributed by atoms with Crippen molar-refractivity contribution in [2.75, 3.05) is 0 Å². The molecule has 0 amide bonds. The average Bonchev–Trinajstić information content (AvgIpc) is 4.09. The van der Waals surface area contributed by atoms with Gasteiger partial charge in [0.1, 0.15) is 17.2 Å². The van der Waals surface area contributed by atoms with E-state index in [0.717, 1.165) is 49.4 Å². The number of nitrogens with zero attached hydrogens (tertiary/aromatic N) is 5. The maximum absolute atomic E-state index is 11.3. The highest BCUT2D eigenvalue weighted by Gasteiger charge is 2.51. The van der Waals surface area contributed by atoms with Crippen LogP contribution in [0.5, 0.6) is 0 Å². The zero-order valence-corrected chi connectivity index (χ0v) is 34.7. The number of para-hydroxylation sites is 2. The molecule has 6 heteroatoms. The van der Waals surface area contributed by atoms with Crippen molar-refractivity contribution in [3.05, 3.63) is 228 Å². The minimum atomic E-state index is -0.484. The van der Waals surface area contributed by atoms with Crippen LogP contribution in [-0.4, -0.2) is 19.5 Å². The van der Waals surface area contributed by atoms with Crippen LogP contribution in [0.3, 0.4) is 0 Å². The molecular formula is C59H33N5O. The SMILES string of the molecule is N#Cc1cc(-n2c3ccccc3c3cc4c(cc32)-c2ccccc2C42c3ccccc3-c3ccccc32)c2c(oc3ccccc32)c1-c1nc(-c2ccccc2)nc(-c2ccccc2)n1. The monoisotopic (exact) mass is 827 g/mol. The number of rotatable bonds is 4. The largest absolute Gasteiger partial charge is 0.455 e. The molecule has 0 unspecified atom stereocenters. The molecule has 3 heterocycles. The summed E-state index contributed by atoms with van der Waals surface area (Å²) < 4.78 is 9.26. The lowest BCUT2D eigenvalue weighted by atomic mass is 9.70. The molecule has 1 spiro atoms. The van der Waals surface area contributed by atoms with Gasteiger partial charge >= 0.3 is 0 Å². The Hall–Kier alpha value is -8.92. The molecule has 0 radical (unpaired) electrons. The molecule has 2 aliphatic carbocycles. The first-order valence-electron chi connectivity index (χ1n) is 21.8. The first kappa shape index (κ1) is 35.7. The van der Waals surface area contributed by atoms with E-state index in [0.29, 0.717) is 39.8 Å². The van der Waals surface area contributed by atoms with Gasteiger partial charge in [-0.05, 0) is 74.8 Å². The van der Waals surface area contributed by atoms with Crippen LogP contribution in [0.1, 0.15) is 27.8 Å². The van der Waals surface area contributed by atoms with E-state index in [-0.39, 0.29) is 0 Å². The van der Waals surface area contributed by atoms with E-state index in [1.807, 2.05) is 84.9 Å². The molecule has 0 saturated heterocycles. The molecule has 0 saturated carbocycles. The second kappa shape index (κ2) is 13.3. The van der Waals surface area contributed by atoms with Gasteiger partial charge in [-0.1, -0.05) is 170 Å². The molecule has 14 rings (SSSR count). The summed E-state index contributed by atoms with van der Waals surface area (Å²) in [6.07, 6.45) is 0. The molecule has 0 bridgehead atoms. The number of nitriles is 1. The fourth-order valence-corrected chi connectivity index (χ4v) is 11.1. The van der Waals surface area contributed by atoms with Crippen LogP contribution in [0.15, 0.2) is 205 Å². The molecule has 0 atom stereocenters. The number of benzene rings is 9. The number of furan rings is 1. The van der Waals surface area contributed by atoms with E-state index >= 15 is 0 Å². The van der Waals surface area contributed by atoms with E-state index in [9.17, 15) is 5.26 Å². The third-order valence-electron chi connectivity index (χ3n) is 13.7. The van der Waals surface area contributed by atoms with Crippen LogP contribution >= 0.6 is 0 Å². The Morgan fingerprint density at radius 3 is 1.60 bits per heavy atom. The van der Waals surface area contributed by atoms with Crippen molar-refractivity contribution < 1.29 is 4.42 Å². The second-order valence-corrected chi connectivity index (χ2v) is 16.9. The number of hydrogen-bond donors (Lipinski definition) is 0. The third kappa shape index (κ3) is 4.79. The number of fused-ring (bicyclic) bond motifs is 16. The Morgan fingerprint density at radius 2 is 0.969 bits per heavy atom. The lowest BCUT2D eigenvalue weighted by Crippen LogP contribution is -2.25. The van der Waals surface area contributed by atoms with Gasteiger partial charge in [-0.3, -0.25) is 0 Å². The molecule has 12 aromatic rings. The maximum Gasteiger partial charge on any atom is 0.169 e. The highest BCUT2D eigenvalue weighted by atomic mass is 16.3. The summed E-state index contributed by atoms with van der Waals surface area (Å²) in [6.45, 7) is 0. The zero-order valence-electron chi connectivity index (χ0n) is 34.7. The minimum Gasteiger partial charge on any atom is -0.455 e. The second-order valence-electron chi connectivity index (χ2n) is 16.9. The summed E-state index contributed by atoms with van der Waals surface area (Å²) in [7, 11) is 0. The third-order valence-corrected chi connectivity index (χ3v) is 13.7. The van der Waals surface area contributed by atoms with Crippen LogP contribution in [0.2, 0.25) is 0 Å². The summed E-state index contributed by atoms with van der Waals surface area (Å²) in [5.74, 6) is 1.38. The lowest BCUT2D eigenvalue weighted by molar-refractivity contribution is 0.669. The summed E-state index contributed by atoms with van der Waals surface area (Å²) in [4.78, 5) is 15.2. The normalized spacial score (nSPS) is 13.0. The molecule has 0 aliphatic heterocycles. The molecule has 6 nitrogen and oxygen atoms in total. The van der Waals surface area contributed by atoms with E-state index < -0.39 is 5.41 Å². The fourth-order valence-electron chi connectivity index (χ4n) is 11.1. The van der Waals surface area contributed by atoms with Gasteiger partial charge in [-0.15, -0.1) is 0 Å². The van der Waals surface area contributed by atoms with Gasteiger partial charge in [0.15, 0.2) is 17.5 Å². The zero-order chi connectivity index (χ0) is 42.8. The molecule has 9 aromatic carbocycles. The lowest BCUT2D eigenvalue weighted by Gasteiger charge is -2.30. The van der Waals surface area contributed by atoms with Crippen LogP contribution in [-0.2, 0) is 5.41 Å². The van der Waals surface area contributed by atoms with Gasteiger partial charge in [0.2, 0.25) is 0 Å². The van der Waals surface area contributed by atoms with Crippen molar-refractivity contribution >= 4 is 43.7 Å². The first-order chi connectivity index (χ1) is 32.2. The highest BCUT2D eigenvalue weighted by Crippen LogP contribution is 2.63. The predicted molar refractivity (Wildman–Crippen MR) is 259 cm³/mol. The number of hydrogen-bond acceptors (Lipinski definition) is 5. The Bertz CT molecular complexity index is 3920. The first-order valence-corrected chi connectivity index (χ1v) is 21.8. The van der Waals surface area contributed by atoms with Crippen LogP contribution in [0, 0.1) is 11.3 Å². The quantitative estimate of drug-likeness (QED) is 0.176. The smallest absolute Gasteiger partial charge is 0.169 e. The van der Waals surface area contributed by atoms with Gasteiger partial charge in [0, 0.05) is 27.3 Å². The Labute approximate surface area is 373 Å². The molecule has 65 heavy (non-hydrogen) atoms. The number of aromatic nitrogens is 4. The van der Waals surface area contributed by atoms with Gasteiger partial charge in [0.05, 0.1) is 38.6 Å². The van der Waals surface area contributed by atoms with Gasteiger partial charge in [0.25, 0.3) is 0 Å². The van der Waals surface area contributed by atoms with E-state index in [2.05, 4.69) is 126 Å². The summed E-state index contributed by atoms with van der Waals surface area (Å²) >= 11 is 0. The van der Waals surface area contributed by atoms with Crippen LogP contribution in [0.4, 0.5) is 0 Å². The summed E-state index contributed by atoms with van der Waals surface area (Å²) in [5.41, 5.74) is 16.4. The Morgan fingerprint density at radius 1 is 0.446 bits per heavy atom. The molecular weight excluding hydrogens is 795 g/mol. The molecule has 0 fully saturated rings. The molecule has 2 aliphatic rings. The van der Waals surface area contributed by atoms with E-state index in [1.54, 1.807) is 0 Å². The van der Waals surface area contributed by atoms with Gasteiger partial charge in [-0.25, -0.2) is 15.0 Å². The minimum absolute atomic E-state index is 0.365. The maximum atomic E-state index is 11.3. The fraction of sp³-hybridized carbons (Fsp3) is 0.0169. The van der Waals surface area contributed by atoms with Crippen molar-refractivity contribution in [2.45, 2.75) is 5.41 Å². The Balaban J connectivity index is 1.09. The summed E-state index contributed by atoms with van der Waals surface area (Å²) in [5, 5.41) is 15.3. The highest BCUT2D eigenvalue weighted by molar-refractivity contribution is 6.18. The average molecular weight is 828 g/mol. The van der Waals surface area contributed by atoms with Crippen molar-refractivity contribution in [2.24, 2.45) is 0 Å². The molecule has 0 N–H and O–H groups in total. The van der Waals surface area contributed by atoms with Crippen molar-refractivity contribution in [3.63, 3.8) is 0 Å². The van der Waals surface area contributed by atoms with Crippen molar-refractivity contribution in [1.82, 2.24) is 19.5 Å². The molecule has 3 aromatic heterocycles. The summed E-state index contributed by atoms with van der Waals surface area (Å²) in [6, 6.07) is 72.7. The van der Waals surface area contributed by atoms with Gasteiger partial charge in [-0.2, -0.15) is 5.26 Å². The van der Waals surface area contributed by atoms with Crippen molar-refractivity contribution in [3.8, 4) is 68.2 Å². The Kier molecular flexibility index (Phi) is 7.29. The van der Waals surface area contributed by atoms with E-state index in [1.165, 1.54) is 44.5 Å². The van der Waals surface area contributed by atoms with Crippen LogP contribution in [0.25, 0.3) is 106 Å². The topological polar surface area (TPSA) is 80.5 Å².